The van der Waals surface area contributed by atoms with Crippen LogP contribution in [-0.4, -0.2) is 36.4 Å². The highest BCUT2D eigenvalue weighted by Gasteiger charge is 2.39. The van der Waals surface area contributed by atoms with Gasteiger partial charge in [0, 0.05) is 25.4 Å². The number of nitrogens with one attached hydrogen (secondary N) is 1. The second kappa shape index (κ2) is 4.39. The monoisotopic (exact) mass is 220 g/mol. The molecule has 0 saturated carbocycles. The van der Waals surface area contributed by atoms with Gasteiger partial charge in [-0.2, -0.15) is 0 Å². The van der Waals surface area contributed by atoms with Gasteiger partial charge in [0.2, 0.25) is 0 Å². The molecule has 0 amide bonds. The van der Waals surface area contributed by atoms with Gasteiger partial charge in [0.15, 0.2) is 0 Å². The van der Waals surface area contributed by atoms with Crippen LogP contribution in [0.25, 0.3) is 0 Å². The van der Waals surface area contributed by atoms with E-state index in [-0.39, 0.29) is 12.2 Å². The minimum atomic E-state index is 0.120. The normalized spacial score (nSPS) is 33.4. The molecule has 0 bridgehead atoms. The molecule has 86 valence electrons. The molecule has 1 aromatic heterocycles. The Morgan fingerprint density at radius 3 is 3.38 bits per heavy atom. The van der Waals surface area contributed by atoms with Gasteiger partial charge >= 0.3 is 0 Å². The van der Waals surface area contributed by atoms with Gasteiger partial charge < -0.3 is 14.8 Å². The summed E-state index contributed by atoms with van der Waals surface area (Å²) < 4.78 is 11.7. The number of nitrogens with zero attached hydrogens (tertiary/aromatic N) is 1. The Hall–Kier alpha value is -1.13. The Morgan fingerprint density at radius 1 is 1.50 bits per heavy atom. The minimum absolute atomic E-state index is 0.120. The van der Waals surface area contributed by atoms with Crippen LogP contribution in [0.1, 0.15) is 12.8 Å². The molecule has 0 unspecified atom stereocenters. The van der Waals surface area contributed by atoms with Crippen LogP contribution >= 0.6 is 0 Å². The highest BCUT2D eigenvalue weighted by molar-refractivity contribution is 5.17. The topological polar surface area (TPSA) is 43.4 Å². The molecular formula is C12H16N2O2. The maximum Gasteiger partial charge on any atom is 0.139 e. The van der Waals surface area contributed by atoms with Gasteiger partial charge in [-0.05, 0) is 25.0 Å². The molecule has 1 aromatic rings. The summed E-state index contributed by atoms with van der Waals surface area (Å²) in [5.74, 6) is 0.823. The third-order valence-corrected chi connectivity index (χ3v) is 3.24. The summed E-state index contributed by atoms with van der Waals surface area (Å²) in [4.78, 5) is 4.04. The first kappa shape index (κ1) is 10.1. The molecule has 3 heterocycles. The quantitative estimate of drug-likeness (QED) is 0.807. The van der Waals surface area contributed by atoms with E-state index in [4.69, 9.17) is 9.47 Å². The molecule has 2 saturated heterocycles. The van der Waals surface area contributed by atoms with Gasteiger partial charge in [0.25, 0.3) is 0 Å². The van der Waals surface area contributed by atoms with E-state index >= 15 is 0 Å². The van der Waals surface area contributed by atoms with E-state index in [0.717, 1.165) is 25.3 Å². The molecule has 16 heavy (non-hydrogen) atoms. The number of rotatable bonds is 2. The molecule has 0 aliphatic carbocycles. The van der Waals surface area contributed by atoms with Crippen molar-refractivity contribution in [1.29, 1.82) is 0 Å². The van der Waals surface area contributed by atoms with E-state index in [1.807, 2.05) is 12.1 Å². The molecule has 0 spiro atoms. The summed E-state index contributed by atoms with van der Waals surface area (Å²) in [5.41, 5.74) is 0. The molecule has 3 rings (SSSR count). The zero-order valence-electron chi connectivity index (χ0n) is 9.13. The van der Waals surface area contributed by atoms with Crippen LogP contribution in [0.3, 0.4) is 0 Å². The lowest BCUT2D eigenvalue weighted by Gasteiger charge is -2.28. The van der Waals surface area contributed by atoms with Crippen LogP contribution < -0.4 is 10.1 Å². The molecule has 2 aliphatic heterocycles. The molecule has 0 radical (unpaired) electrons. The van der Waals surface area contributed by atoms with Crippen molar-refractivity contribution in [3.05, 3.63) is 24.5 Å². The molecule has 4 nitrogen and oxygen atoms in total. The largest absolute Gasteiger partial charge is 0.485 e. The Morgan fingerprint density at radius 2 is 2.50 bits per heavy atom. The number of fused-ring (bicyclic) bond motifs is 1. The van der Waals surface area contributed by atoms with Crippen LogP contribution in [-0.2, 0) is 4.74 Å². The Balaban J connectivity index is 1.67. The first-order valence-electron chi connectivity index (χ1n) is 5.85. The maximum atomic E-state index is 5.89. The van der Waals surface area contributed by atoms with Crippen LogP contribution in [0.2, 0.25) is 0 Å². The van der Waals surface area contributed by atoms with Crippen molar-refractivity contribution in [2.45, 2.75) is 31.1 Å². The maximum absolute atomic E-state index is 5.89. The lowest BCUT2D eigenvalue weighted by Crippen LogP contribution is -2.41. The molecule has 2 fully saturated rings. The number of ether oxygens (including phenoxy) is 2. The third-order valence-electron chi connectivity index (χ3n) is 3.24. The zero-order valence-corrected chi connectivity index (χ0v) is 9.13. The first-order chi connectivity index (χ1) is 7.93. The van der Waals surface area contributed by atoms with Gasteiger partial charge in [-0.25, -0.2) is 0 Å². The van der Waals surface area contributed by atoms with E-state index in [1.54, 1.807) is 12.4 Å². The second-order valence-electron chi connectivity index (χ2n) is 4.34. The average molecular weight is 220 g/mol. The summed E-state index contributed by atoms with van der Waals surface area (Å²) in [6.07, 6.45) is 6.16. The van der Waals surface area contributed by atoms with Gasteiger partial charge in [-0.3, -0.25) is 4.98 Å². The summed E-state index contributed by atoms with van der Waals surface area (Å²) >= 11 is 0. The van der Waals surface area contributed by atoms with Crippen molar-refractivity contribution in [3.8, 4) is 5.75 Å². The predicted molar refractivity (Wildman–Crippen MR) is 59.4 cm³/mol. The first-order valence-corrected chi connectivity index (χ1v) is 5.85. The summed E-state index contributed by atoms with van der Waals surface area (Å²) in [6, 6.07) is 4.29. The van der Waals surface area contributed by atoms with Gasteiger partial charge in [-0.1, -0.05) is 0 Å². The van der Waals surface area contributed by atoms with Crippen molar-refractivity contribution in [1.82, 2.24) is 10.3 Å². The molecule has 2 aliphatic rings. The molecule has 0 aromatic carbocycles. The summed E-state index contributed by atoms with van der Waals surface area (Å²) in [7, 11) is 0. The minimum Gasteiger partial charge on any atom is -0.485 e. The van der Waals surface area contributed by atoms with Crippen molar-refractivity contribution >= 4 is 0 Å². The third kappa shape index (κ3) is 1.90. The van der Waals surface area contributed by atoms with Gasteiger partial charge in [0.1, 0.15) is 18.0 Å². The van der Waals surface area contributed by atoms with E-state index in [1.165, 1.54) is 6.42 Å². The number of pyridine rings is 1. The highest BCUT2D eigenvalue weighted by Crippen LogP contribution is 2.24. The SMILES string of the molecule is c1cncc(O[C@H]2CN[C@H]3CCCO[C@@H]32)c1. The molecule has 4 heteroatoms. The fourth-order valence-corrected chi connectivity index (χ4v) is 2.47. The fraction of sp³-hybridized carbons (Fsp3) is 0.583. The average Bonchev–Trinajstić information content (AvgIpc) is 2.74. The lowest BCUT2D eigenvalue weighted by atomic mass is 10.0. The number of hydrogen-bond acceptors (Lipinski definition) is 4. The van der Waals surface area contributed by atoms with Crippen LogP contribution in [0, 0.1) is 0 Å². The van der Waals surface area contributed by atoms with Gasteiger partial charge in [0.05, 0.1) is 6.20 Å². The van der Waals surface area contributed by atoms with E-state index < -0.39 is 0 Å². The predicted octanol–water partition coefficient (Wildman–Crippen LogP) is 0.980. The van der Waals surface area contributed by atoms with Crippen LogP contribution in [0.5, 0.6) is 5.75 Å². The zero-order chi connectivity index (χ0) is 10.8. The van der Waals surface area contributed by atoms with Crippen molar-refractivity contribution in [3.63, 3.8) is 0 Å². The van der Waals surface area contributed by atoms with Crippen LogP contribution in [0.4, 0.5) is 0 Å². The molecule has 3 atom stereocenters. The molecule has 1 N–H and O–H groups in total. The standard InChI is InChI=1S/C12H16N2O2/c1-3-9(7-13-5-1)16-11-8-14-10-4-2-6-15-12(10)11/h1,3,5,7,10-12,14H,2,4,6,8H2/t10-,11-,12-/m0/s1. The van der Waals surface area contributed by atoms with Crippen molar-refractivity contribution in [2.24, 2.45) is 0 Å². The van der Waals surface area contributed by atoms with E-state index in [9.17, 15) is 0 Å². The van der Waals surface area contributed by atoms with Crippen LogP contribution in [0.15, 0.2) is 24.5 Å². The van der Waals surface area contributed by atoms with E-state index in [2.05, 4.69) is 10.3 Å². The Bertz CT molecular complexity index is 344. The Labute approximate surface area is 95.0 Å². The fourth-order valence-electron chi connectivity index (χ4n) is 2.47. The second-order valence-corrected chi connectivity index (χ2v) is 4.34. The molecular weight excluding hydrogens is 204 g/mol. The van der Waals surface area contributed by atoms with Crippen molar-refractivity contribution < 1.29 is 9.47 Å². The number of aromatic nitrogens is 1. The smallest absolute Gasteiger partial charge is 0.139 e. The Kier molecular flexibility index (Phi) is 2.76. The lowest BCUT2D eigenvalue weighted by molar-refractivity contribution is -0.0376. The number of hydrogen-bond donors (Lipinski definition) is 1. The van der Waals surface area contributed by atoms with Gasteiger partial charge in [-0.15, -0.1) is 0 Å². The van der Waals surface area contributed by atoms with E-state index in [0.29, 0.717) is 6.04 Å². The summed E-state index contributed by atoms with van der Waals surface area (Å²) in [6.45, 7) is 1.72. The van der Waals surface area contributed by atoms with Crippen molar-refractivity contribution in [2.75, 3.05) is 13.2 Å². The highest BCUT2D eigenvalue weighted by atomic mass is 16.5. The summed E-state index contributed by atoms with van der Waals surface area (Å²) in [5, 5.41) is 3.46.